The zero-order chi connectivity index (χ0) is 43.6. The smallest absolute Gasteiger partial charge is 0.335 e. The minimum atomic E-state index is -2.10. The fraction of sp³-hybridized carbons (Fsp3) is 0.857. The highest BCUT2D eigenvalue weighted by Crippen LogP contribution is 2.75. The van der Waals surface area contributed by atoms with Crippen molar-refractivity contribution in [3.63, 3.8) is 0 Å². The number of carboxylic acids is 3. The Kier molecular flexibility index (Phi) is 11.1. The summed E-state index contributed by atoms with van der Waals surface area (Å²) >= 11 is 0. The predicted molar refractivity (Wildman–Crippen MR) is 201 cm³/mol. The number of carboxylic acid groups (broad SMARTS) is 3. The number of hydrogen-bond acceptors (Lipinski definition) is 14. The molecule has 5 aliphatic carbocycles. The van der Waals surface area contributed by atoms with Crippen molar-refractivity contribution in [3.05, 3.63) is 11.6 Å². The number of allylic oxidation sites excluding steroid dienone is 2. The zero-order valence-corrected chi connectivity index (χ0v) is 34.5. The van der Waals surface area contributed by atoms with Crippen molar-refractivity contribution in [1.82, 2.24) is 0 Å². The number of aliphatic carboxylic acids is 3. The maximum absolute atomic E-state index is 14.9. The van der Waals surface area contributed by atoms with E-state index in [1.54, 1.807) is 0 Å². The lowest BCUT2D eigenvalue weighted by molar-refractivity contribution is -0.372. The first kappa shape index (κ1) is 44.5. The highest BCUT2D eigenvalue weighted by Gasteiger charge is 2.71. The summed E-state index contributed by atoms with van der Waals surface area (Å²) in [4.78, 5) is 51.4. The number of carbonyl (C=O) groups is 4. The molecule has 7 rings (SSSR count). The number of fused-ring (bicyclic) bond motifs is 7. The molecule has 0 aromatic rings. The highest BCUT2D eigenvalue weighted by atomic mass is 16.8. The summed E-state index contributed by atoms with van der Waals surface area (Å²) in [5.41, 5.74) is -2.63. The zero-order valence-electron chi connectivity index (χ0n) is 34.5. The van der Waals surface area contributed by atoms with E-state index in [0.29, 0.717) is 32.1 Å². The van der Waals surface area contributed by atoms with E-state index < -0.39 is 125 Å². The summed E-state index contributed by atoms with van der Waals surface area (Å²) in [5, 5.41) is 94.3. The van der Waals surface area contributed by atoms with Gasteiger partial charge in [-0.05, 0) is 104 Å². The first-order valence-electron chi connectivity index (χ1n) is 20.9. The molecule has 6 fully saturated rings. The molecule has 20 atom stereocenters. The van der Waals surface area contributed by atoms with Gasteiger partial charge >= 0.3 is 17.9 Å². The van der Waals surface area contributed by atoms with Crippen LogP contribution in [0.4, 0.5) is 0 Å². The summed E-state index contributed by atoms with van der Waals surface area (Å²) in [7, 11) is 0. The van der Waals surface area contributed by atoms with Crippen LogP contribution in [-0.2, 0) is 38.1 Å². The maximum atomic E-state index is 14.9. The number of hydrogen-bond donors (Lipinski definition) is 9. The second kappa shape index (κ2) is 14.8. The van der Waals surface area contributed by atoms with E-state index >= 15 is 0 Å². The molecule has 4 saturated carbocycles. The molecule has 9 N–H and O–H groups in total. The third-order valence-electron chi connectivity index (χ3n) is 17.4. The molecule has 0 unspecified atom stereocenters. The molecule has 2 saturated heterocycles. The number of rotatable bonds is 8. The molecular weight excluding hydrogens is 776 g/mol. The summed E-state index contributed by atoms with van der Waals surface area (Å²) in [5.74, 6) is -5.02. The van der Waals surface area contributed by atoms with Crippen molar-refractivity contribution in [2.75, 3.05) is 6.61 Å². The maximum Gasteiger partial charge on any atom is 0.335 e. The van der Waals surface area contributed by atoms with Crippen LogP contribution < -0.4 is 0 Å². The fourth-order valence-corrected chi connectivity index (χ4v) is 13.4. The van der Waals surface area contributed by atoms with Gasteiger partial charge in [0.2, 0.25) is 0 Å². The first-order valence-corrected chi connectivity index (χ1v) is 20.9. The minimum Gasteiger partial charge on any atom is -0.481 e. The Morgan fingerprint density at radius 2 is 1.32 bits per heavy atom. The molecule has 332 valence electrons. The normalized spacial score (nSPS) is 53.5. The Bertz CT molecular complexity index is 1750. The van der Waals surface area contributed by atoms with Crippen molar-refractivity contribution in [3.8, 4) is 0 Å². The van der Waals surface area contributed by atoms with Gasteiger partial charge < -0.3 is 64.9 Å². The number of aliphatic hydroxyl groups is 6. The SMILES string of the molecule is C[C@@]1(C(=O)O)CC[C@]2(C)CC[C@]3(C)C(=CC(=O)[C@@H]4[C@@]5(C)CC[C@H](O[C@H]6O[C@H](C(=O)O)[C@@H](O)[C@H](O)[C@H]6O[C@@H]6O[C@H](C(=O)O)[C@@H](O)[C@H](O)[C@H]6O)[C@](C)(CO)[C@@H]5CC[C@]43C)[C@H]2C1. The standard InChI is InChI=1S/C42H62O17/c1-37-11-12-38(2,36(54)55)16-19(37)18-15-20(44)31-39(3)9-8-22(40(4,17-43)21(39)7-10-42(31,6)41(18,5)14-13-37)56-35-30(26(48)25(47)29(58-35)33(52)53)59-34-27(49)23(45)24(46)28(57-34)32(50)51/h15,19,21-31,34-35,43,45-49H,7-14,16-17H2,1-6H3,(H,50,51)(H,52,53)(H,54,55)/t19-,21-,22+,23+,24+,25+,26+,27-,28+,29+,30-,31-,34+,35+,37-,38-,39+,40-,41-,42-/m1/s1. The van der Waals surface area contributed by atoms with Crippen LogP contribution in [-0.4, -0.2) is 144 Å². The van der Waals surface area contributed by atoms with Gasteiger partial charge in [-0.1, -0.05) is 40.2 Å². The van der Waals surface area contributed by atoms with Crippen molar-refractivity contribution >= 4 is 23.7 Å². The van der Waals surface area contributed by atoms with Gasteiger partial charge in [-0.2, -0.15) is 0 Å². The number of aliphatic hydroxyl groups excluding tert-OH is 6. The van der Waals surface area contributed by atoms with Crippen molar-refractivity contribution in [2.45, 2.75) is 167 Å². The number of ether oxygens (including phenoxy) is 4. The average Bonchev–Trinajstić information content (AvgIpc) is 3.16. The molecule has 0 spiro atoms. The number of ketones is 1. The molecule has 0 bridgehead atoms. The molecule has 0 aromatic heterocycles. The van der Waals surface area contributed by atoms with Crippen LogP contribution in [0.15, 0.2) is 11.6 Å². The van der Waals surface area contributed by atoms with Crippen LogP contribution in [0.5, 0.6) is 0 Å². The molecule has 59 heavy (non-hydrogen) atoms. The molecule has 7 aliphatic rings. The van der Waals surface area contributed by atoms with E-state index in [2.05, 4.69) is 27.7 Å². The molecule has 17 nitrogen and oxygen atoms in total. The highest BCUT2D eigenvalue weighted by molar-refractivity contribution is 5.95. The topological polar surface area (TPSA) is 287 Å². The van der Waals surface area contributed by atoms with Gasteiger partial charge in [-0.3, -0.25) is 9.59 Å². The van der Waals surface area contributed by atoms with Crippen LogP contribution in [0.3, 0.4) is 0 Å². The molecule has 2 aliphatic heterocycles. The van der Waals surface area contributed by atoms with Gasteiger partial charge in [0.25, 0.3) is 0 Å². The van der Waals surface area contributed by atoms with E-state index in [9.17, 15) is 65.1 Å². The lowest BCUT2D eigenvalue weighted by atomic mass is 9.33. The van der Waals surface area contributed by atoms with Gasteiger partial charge in [0, 0.05) is 11.3 Å². The van der Waals surface area contributed by atoms with Crippen molar-refractivity contribution in [2.24, 2.45) is 50.2 Å². The molecule has 0 aromatic carbocycles. The Balaban J connectivity index is 1.19. The first-order chi connectivity index (χ1) is 27.3. The lowest BCUT2D eigenvalue weighted by Gasteiger charge is -2.70. The predicted octanol–water partition coefficient (Wildman–Crippen LogP) is 1.22. The Hall–Kier alpha value is -2.58. The quantitative estimate of drug-likeness (QED) is 0.155. The fourth-order valence-electron chi connectivity index (χ4n) is 13.4. The van der Waals surface area contributed by atoms with Crippen LogP contribution in [0.1, 0.15) is 99.3 Å². The van der Waals surface area contributed by atoms with Crippen LogP contribution >= 0.6 is 0 Å². The third-order valence-corrected chi connectivity index (χ3v) is 17.4. The molecule has 2 heterocycles. The summed E-state index contributed by atoms with van der Waals surface area (Å²) < 4.78 is 23.2. The van der Waals surface area contributed by atoms with Crippen LogP contribution in [0, 0.1) is 50.2 Å². The Labute approximate surface area is 342 Å². The number of carbonyl (C=O) groups excluding carboxylic acids is 1. The van der Waals surface area contributed by atoms with Gasteiger partial charge in [-0.25, -0.2) is 9.59 Å². The van der Waals surface area contributed by atoms with Gasteiger partial charge in [-0.15, -0.1) is 0 Å². The minimum absolute atomic E-state index is 0.0119. The summed E-state index contributed by atoms with van der Waals surface area (Å²) in [6.07, 6.45) is -13.8. The molecular formula is C42H62O17. The van der Waals surface area contributed by atoms with Gasteiger partial charge in [0.15, 0.2) is 30.6 Å². The average molecular weight is 839 g/mol. The third kappa shape index (κ3) is 6.46. The van der Waals surface area contributed by atoms with Gasteiger partial charge in [0.05, 0.1) is 18.1 Å². The van der Waals surface area contributed by atoms with Crippen molar-refractivity contribution < 1.29 is 84.1 Å². The van der Waals surface area contributed by atoms with Gasteiger partial charge in [0.1, 0.15) is 36.6 Å². The molecule has 0 amide bonds. The largest absolute Gasteiger partial charge is 0.481 e. The van der Waals surface area contributed by atoms with E-state index in [1.165, 1.54) is 0 Å². The lowest BCUT2D eigenvalue weighted by Crippen LogP contribution is -2.69. The monoisotopic (exact) mass is 838 g/mol. The second-order valence-corrected chi connectivity index (χ2v) is 20.5. The second-order valence-electron chi connectivity index (χ2n) is 20.5. The van der Waals surface area contributed by atoms with E-state index in [0.717, 1.165) is 24.8 Å². The van der Waals surface area contributed by atoms with E-state index in [4.69, 9.17) is 18.9 Å². The summed E-state index contributed by atoms with van der Waals surface area (Å²) in [6.45, 7) is 12.0. The molecule has 17 heteroatoms. The summed E-state index contributed by atoms with van der Waals surface area (Å²) in [6, 6.07) is 0. The Morgan fingerprint density at radius 3 is 1.92 bits per heavy atom. The van der Waals surface area contributed by atoms with E-state index in [-0.39, 0.29) is 29.5 Å². The van der Waals surface area contributed by atoms with Crippen LogP contribution in [0.2, 0.25) is 0 Å². The van der Waals surface area contributed by atoms with Crippen molar-refractivity contribution in [1.29, 1.82) is 0 Å². The van der Waals surface area contributed by atoms with Crippen LogP contribution in [0.25, 0.3) is 0 Å². The Morgan fingerprint density at radius 1 is 0.729 bits per heavy atom. The molecule has 0 radical (unpaired) electrons. The van der Waals surface area contributed by atoms with E-state index in [1.807, 2.05) is 19.9 Å².